The van der Waals surface area contributed by atoms with Gasteiger partial charge in [-0.15, -0.1) is 0 Å². The van der Waals surface area contributed by atoms with Gasteiger partial charge in [0, 0.05) is 12.1 Å². The second kappa shape index (κ2) is 5.35. The molecule has 0 bridgehead atoms. The minimum Gasteiger partial charge on any atom is -0.397 e. The van der Waals surface area contributed by atoms with Crippen molar-refractivity contribution in [3.05, 3.63) is 22.4 Å². The molecular weight excluding hydrogens is 259 g/mol. The Bertz CT molecular complexity index is 338. The maximum atomic E-state index is 13.3. The first-order valence-electron chi connectivity index (χ1n) is 5.09. The van der Waals surface area contributed by atoms with Crippen molar-refractivity contribution in [1.82, 2.24) is 0 Å². The maximum absolute atomic E-state index is 13.3. The van der Waals surface area contributed by atoms with Crippen molar-refractivity contribution in [2.24, 2.45) is 0 Å². The van der Waals surface area contributed by atoms with Crippen LogP contribution in [0.25, 0.3) is 0 Å². The van der Waals surface area contributed by atoms with Crippen LogP contribution in [-0.4, -0.2) is 6.04 Å². The van der Waals surface area contributed by atoms with Crippen molar-refractivity contribution in [2.45, 2.75) is 32.7 Å². The van der Waals surface area contributed by atoms with Crippen molar-refractivity contribution in [1.29, 1.82) is 0 Å². The van der Waals surface area contributed by atoms with Crippen LogP contribution in [0.3, 0.4) is 0 Å². The summed E-state index contributed by atoms with van der Waals surface area (Å²) < 4.78 is 13.7. The van der Waals surface area contributed by atoms with E-state index in [0.717, 1.165) is 12.8 Å². The number of nitrogens with one attached hydrogen (secondary N) is 1. The zero-order valence-corrected chi connectivity index (χ0v) is 10.6. The molecule has 1 aromatic rings. The van der Waals surface area contributed by atoms with Crippen molar-refractivity contribution in [3.63, 3.8) is 0 Å². The predicted octanol–water partition coefficient (Wildman–Crippen LogP) is 3.77. The zero-order chi connectivity index (χ0) is 11.4. The van der Waals surface area contributed by atoms with Gasteiger partial charge in [0.15, 0.2) is 0 Å². The van der Waals surface area contributed by atoms with Crippen molar-refractivity contribution in [2.75, 3.05) is 11.1 Å². The maximum Gasteiger partial charge on any atom is 0.139 e. The topological polar surface area (TPSA) is 38.0 Å². The Morgan fingerprint density at radius 2 is 2.00 bits per heavy atom. The summed E-state index contributed by atoms with van der Waals surface area (Å²) in [7, 11) is 0. The van der Waals surface area contributed by atoms with E-state index < -0.39 is 0 Å². The van der Waals surface area contributed by atoms with E-state index in [2.05, 4.69) is 35.1 Å². The number of hydrogen-bond acceptors (Lipinski definition) is 2. The summed E-state index contributed by atoms with van der Waals surface area (Å²) in [6.45, 7) is 4.18. The number of hydrogen-bond donors (Lipinski definition) is 2. The Kier molecular flexibility index (Phi) is 4.39. The van der Waals surface area contributed by atoms with Crippen LogP contribution in [0.4, 0.5) is 15.8 Å². The molecule has 1 rings (SSSR count). The second-order valence-corrected chi connectivity index (χ2v) is 4.37. The van der Waals surface area contributed by atoms with Crippen molar-refractivity contribution in [3.8, 4) is 0 Å². The predicted molar refractivity (Wildman–Crippen MR) is 66.5 cm³/mol. The largest absolute Gasteiger partial charge is 0.397 e. The summed E-state index contributed by atoms with van der Waals surface area (Å²) in [5.74, 6) is -0.294. The summed E-state index contributed by atoms with van der Waals surface area (Å²) in [5.41, 5.74) is 7.02. The monoisotopic (exact) mass is 274 g/mol. The highest BCUT2D eigenvalue weighted by Gasteiger charge is 2.09. The van der Waals surface area contributed by atoms with E-state index in [-0.39, 0.29) is 5.82 Å². The van der Waals surface area contributed by atoms with Crippen molar-refractivity contribution >= 4 is 27.3 Å². The molecule has 0 atom stereocenters. The van der Waals surface area contributed by atoms with Gasteiger partial charge < -0.3 is 11.1 Å². The molecule has 4 heteroatoms. The highest BCUT2D eigenvalue weighted by molar-refractivity contribution is 9.10. The molecule has 0 unspecified atom stereocenters. The lowest BCUT2D eigenvalue weighted by atomic mass is 10.1. The van der Waals surface area contributed by atoms with E-state index in [1.54, 1.807) is 6.07 Å². The Morgan fingerprint density at radius 1 is 1.40 bits per heavy atom. The summed E-state index contributed by atoms with van der Waals surface area (Å²) in [4.78, 5) is 0. The van der Waals surface area contributed by atoms with Crippen LogP contribution in [-0.2, 0) is 0 Å². The Balaban J connectivity index is 2.89. The molecule has 1 aromatic carbocycles. The van der Waals surface area contributed by atoms with Gasteiger partial charge >= 0.3 is 0 Å². The lowest BCUT2D eigenvalue weighted by Gasteiger charge is -2.18. The van der Waals surface area contributed by atoms with Crippen LogP contribution in [0.15, 0.2) is 16.6 Å². The molecule has 3 N–H and O–H groups in total. The molecule has 0 amide bonds. The van der Waals surface area contributed by atoms with E-state index >= 15 is 0 Å². The summed E-state index contributed by atoms with van der Waals surface area (Å²) in [5, 5.41) is 3.23. The first-order valence-corrected chi connectivity index (χ1v) is 5.88. The lowest BCUT2D eigenvalue weighted by Crippen LogP contribution is -2.18. The molecular formula is C11H16BrFN2. The van der Waals surface area contributed by atoms with E-state index in [9.17, 15) is 4.39 Å². The van der Waals surface area contributed by atoms with Gasteiger partial charge in [-0.05, 0) is 34.8 Å². The highest BCUT2D eigenvalue weighted by atomic mass is 79.9. The van der Waals surface area contributed by atoms with E-state index in [0.29, 0.717) is 21.9 Å². The first-order chi connectivity index (χ1) is 7.08. The van der Waals surface area contributed by atoms with Crippen LogP contribution >= 0.6 is 15.9 Å². The number of nitrogens with two attached hydrogens (primary N) is 1. The van der Waals surface area contributed by atoms with Crippen LogP contribution in [0.5, 0.6) is 0 Å². The van der Waals surface area contributed by atoms with E-state index in [1.165, 1.54) is 6.07 Å². The fourth-order valence-electron chi connectivity index (χ4n) is 1.40. The summed E-state index contributed by atoms with van der Waals surface area (Å²) in [6.07, 6.45) is 1.99. The van der Waals surface area contributed by atoms with Gasteiger partial charge in [-0.1, -0.05) is 13.8 Å². The average Bonchev–Trinajstić information content (AvgIpc) is 2.21. The molecule has 0 saturated heterocycles. The Hall–Kier alpha value is -0.770. The number of benzene rings is 1. The molecule has 0 heterocycles. The molecule has 0 aromatic heterocycles. The fraction of sp³-hybridized carbons (Fsp3) is 0.455. The molecule has 0 saturated carbocycles. The van der Waals surface area contributed by atoms with Crippen molar-refractivity contribution < 1.29 is 4.39 Å². The summed E-state index contributed by atoms with van der Waals surface area (Å²) >= 11 is 3.10. The average molecular weight is 275 g/mol. The minimum atomic E-state index is -0.294. The Labute approximate surface area is 98.2 Å². The van der Waals surface area contributed by atoms with Gasteiger partial charge in [0.2, 0.25) is 0 Å². The molecule has 0 aliphatic carbocycles. The molecule has 84 valence electrons. The molecule has 0 aliphatic heterocycles. The Morgan fingerprint density at radius 3 is 2.53 bits per heavy atom. The van der Waals surface area contributed by atoms with Gasteiger partial charge in [0.05, 0.1) is 15.8 Å². The smallest absolute Gasteiger partial charge is 0.139 e. The molecule has 0 aliphatic rings. The summed E-state index contributed by atoms with van der Waals surface area (Å²) in [6, 6.07) is 3.35. The first kappa shape index (κ1) is 12.3. The van der Waals surface area contributed by atoms with Gasteiger partial charge in [-0.2, -0.15) is 0 Å². The van der Waals surface area contributed by atoms with Crippen LogP contribution in [0.1, 0.15) is 26.7 Å². The molecule has 15 heavy (non-hydrogen) atoms. The molecule has 2 nitrogen and oxygen atoms in total. The quantitative estimate of drug-likeness (QED) is 0.821. The highest BCUT2D eigenvalue weighted by Crippen LogP contribution is 2.27. The number of anilines is 2. The van der Waals surface area contributed by atoms with E-state index in [4.69, 9.17) is 5.73 Å². The normalized spacial score (nSPS) is 10.7. The number of rotatable bonds is 4. The van der Waals surface area contributed by atoms with Gasteiger partial charge in [-0.3, -0.25) is 0 Å². The van der Waals surface area contributed by atoms with Gasteiger partial charge in [0.25, 0.3) is 0 Å². The third kappa shape index (κ3) is 3.09. The molecule has 0 fully saturated rings. The van der Waals surface area contributed by atoms with Crippen LogP contribution < -0.4 is 11.1 Å². The number of nitrogen functional groups attached to an aromatic ring is 1. The number of halogens is 2. The molecule has 0 radical (unpaired) electrons. The van der Waals surface area contributed by atoms with Gasteiger partial charge in [-0.25, -0.2) is 4.39 Å². The van der Waals surface area contributed by atoms with Gasteiger partial charge in [0.1, 0.15) is 5.82 Å². The zero-order valence-electron chi connectivity index (χ0n) is 8.98. The second-order valence-electron chi connectivity index (χ2n) is 3.51. The lowest BCUT2D eigenvalue weighted by molar-refractivity contribution is 0.619. The minimum absolute atomic E-state index is 0.294. The van der Waals surface area contributed by atoms with E-state index in [1.807, 2.05) is 0 Å². The molecule has 0 spiro atoms. The standard InChI is InChI=1S/C11H16BrFN2/c1-3-7(4-2)15-11-6-9(13)8(12)5-10(11)14/h5-7,15H,3-4,14H2,1-2H3. The fourth-order valence-corrected chi connectivity index (χ4v) is 1.76. The van der Waals surface area contributed by atoms with Crippen LogP contribution in [0.2, 0.25) is 0 Å². The van der Waals surface area contributed by atoms with Crippen LogP contribution in [0, 0.1) is 5.82 Å². The third-order valence-corrected chi connectivity index (χ3v) is 3.05. The third-order valence-electron chi connectivity index (χ3n) is 2.44. The SMILES string of the molecule is CCC(CC)Nc1cc(F)c(Br)cc1N.